The van der Waals surface area contributed by atoms with Gasteiger partial charge in [0, 0.05) is 18.4 Å². The smallest absolute Gasteiger partial charge is 0.329 e. The van der Waals surface area contributed by atoms with E-state index in [1.165, 1.54) is 19.1 Å². The average molecular weight is 536 g/mol. The predicted octanol–water partition coefficient (Wildman–Crippen LogP) is 4.12. The van der Waals surface area contributed by atoms with Crippen LogP contribution in [0.25, 0.3) is 10.8 Å². The van der Waals surface area contributed by atoms with E-state index in [0.29, 0.717) is 26.6 Å². The highest BCUT2D eigenvalue weighted by atomic mass is 19.4. The second-order valence-corrected chi connectivity index (χ2v) is 8.95. The maximum Gasteiger partial charge on any atom is 0.461 e. The molecule has 0 bridgehead atoms. The number of benzene rings is 2. The number of nitrogens with one attached hydrogen (secondary N) is 1. The molecule has 0 aliphatic carbocycles. The average Bonchev–Trinajstić information content (AvgIpc) is 3.31. The number of rotatable bonds is 4. The molecule has 0 saturated heterocycles. The lowest BCUT2D eigenvalue weighted by molar-refractivity contribution is -0.293. The summed E-state index contributed by atoms with van der Waals surface area (Å²) >= 11 is 0. The van der Waals surface area contributed by atoms with Crippen LogP contribution in [0.2, 0.25) is 0 Å². The van der Waals surface area contributed by atoms with E-state index >= 15 is 0 Å². The first-order valence-corrected chi connectivity index (χ1v) is 11.3. The fourth-order valence-electron chi connectivity index (χ4n) is 4.54. The van der Waals surface area contributed by atoms with Crippen molar-refractivity contribution in [3.05, 3.63) is 87.1 Å². The maximum atomic E-state index is 14.7. The zero-order valence-electron chi connectivity index (χ0n) is 19.6. The van der Waals surface area contributed by atoms with Gasteiger partial charge in [0.1, 0.15) is 5.82 Å². The number of alkyl halides is 5. The Morgan fingerprint density at radius 3 is 2.50 bits per heavy atom. The van der Waals surface area contributed by atoms with Gasteiger partial charge in [-0.15, -0.1) is 10.2 Å². The normalized spacial score (nSPS) is 16.1. The Kier molecular flexibility index (Phi) is 5.99. The van der Waals surface area contributed by atoms with E-state index in [0.717, 1.165) is 11.0 Å². The van der Waals surface area contributed by atoms with Crippen molar-refractivity contribution < 1.29 is 31.1 Å². The minimum Gasteiger partial charge on any atom is -0.329 e. The zero-order chi connectivity index (χ0) is 27.4. The highest BCUT2D eigenvalue weighted by Crippen LogP contribution is 2.44. The van der Waals surface area contributed by atoms with Gasteiger partial charge in [0.25, 0.3) is 11.5 Å². The van der Waals surface area contributed by atoms with Crippen LogP contribution in [0.3, 0.4) is 0 Å². The summed E-state index contributed by atoms with van der Waals surface area (Å²) in [7, 11) is 0. The fraction of sp³-hybridized carbons (Fsp3) is 0.292. The molecule has 0 fully saturated rings. The molecule has 1 N–H and O–H groups in total. The lowest BCUT2D eigenvalue weighted by atomic mass is 10.0. The third-order valence-corrected chi connectivity index (χ3v) is 6.36. The molecule has 2 aromatic heterocycles. The summed E-state index contributed by atoms with van der Waals surface area (Å²) in [5.41, 5.74) is 0.294. The molecule has 1 atom stereocenters. The molecule has 1 amide bonds. The Bertz CT molecular complexity index is 1610. The van der Waals surface area contributed by atoms with Crippen molar-refractivity contribution >= 4 is 16.7 Å². The molecule has 198 valence electrons. The van der Waals surface area contributed by atoms with Gasteiger partial charge in [-0.1, -0.05) is 24.3 Å². The lowest BCUT2D eigenvalue weighted by Crippen LogP contribution is -2.43. The molecule has 0 radical (unpaired) electrons. The number of nitrogens with zero attached hydrogens (tertiary/aromatic N) is 5. The third-order valence-electron chi connectivity index (χ3n) is 6.36. The molecular formula is C24H18F6N6O2. The van der Waals surface area contributed by atoms with E-state index in [1.54, 1.807) is 24.3 Å². The monoisotopic (exact) mass is 536 g/mol. The Morgan fingerprint density at radius 2 is 1.79 bits per heavy atom. The van der Waals surface area contributed by atoms with Crippen molar-refractivity contribution in [1.29, 1.82) is 0 Å². The standard InChI is InChI=1S/C24H18F6N6O2/c1-12-10-35(11-19-32-34-22(36(12)19)23(26,27)24(28,29)30)21(38)16-8-13(6-7-17(16)25)9-18-14-4-2-3-5-15(14)20(37)33-31-18/h2-8,12H,9-11H2,1H3,(H,33,37). The van der Waals surface area contributed by atoms with Crippen LogP contribution in [-0.2, 0) is 18.9 Å². The number of aromatic nitrogens is 5. The summed E-state index contributed by atoms with van der Waals surface area (Å²) in [4.78, 5) is 26.4. The van der Waals surface area contributed by atoms with E-state index in [9.17, 15) is 35.9 Å². The van der Waals surface area contributed by atoms with Crippen molar-refractivity contribution in [1.82, 2.24) is 29.9 Å². The van der Waals surface area contributed by atoms with Gasteiger partial charge >= 0.3 is 12.1 Å². The predicted molar refractivity (Wildman–Crippen MR) is 121 cm³/mol. The van der Waals surface area contributed by atoms with Crippen LogP contribution in [0.5, 0.6) is 0 Å². The summed E-state index contributed by atoms with van der Waals surface area (Å²) in [6.45, 7) is 0.614. The van der Waals surface area contributed by atoms with Gasteiger partial charge in [-0.25, -0.2) is 9.49 Å². The Hall–Kier alpha value is -4.23. The van der Waals surface area contributed by atoms with Gasteiger partial charge in [0.15, 0.2) is 5.82 Å². The summed E-state index contributed by atoms with van der Waals surface area (Å²) in [5.74, 6) is -8.72. The number of halogens is 6. The van der Waals surface area contributed by atoms with Crippen molar-refractivity contribution in [2.75, 3.05) is 6.54 Å². The number of hydrogen-bond acceptors (Lipinski definition) is 5. The largest absolute Gasteiger partial charge is 0.461 e. The number of fused-ring (bicyclic) bond motifs is 2. The van der Waals surface area contributed by atoms with E-state index < -0.39 is 42.2 Å². The van der Waals surface area contributed by atoms with Crippen molar-refractivity contribution in [2.45, 2.75) is 38.0 Å². The van der Waals surface area contributed by atoms with Crippen LogP contribution >= 0.6 is 0 Å². The first-order chi connectivity index (χ1) is 17.9. The van der Waals surface area contributed by atoms with Crippen molar-refractivity contribution in [2.24, 2.45) is 0 Å². The first-order valence-electron chi connectivity index (χ1n) is 11.3. The summed E-state index contributed by atoms with van der Waals surface area (Å²) < 4.78 is 82.1. The zero-order valence-corrected chi connectivity index (χ0v) is 19.6. The fourth-order valence-corrected chi connectivity index (χ4v) is 4.54. The molecule has 1 unspecified atom stereocenters. The Balaban J connectivity index is 1.43. The molecule has 14 heteroatoms. The van der Waals surface area contributed by atoms with E-state index in [-0.39, 0.29) is 29.9 Å². The molecule has 0 saturated carbocycles. The van der Waals surface area contributed by atoms with E-state index in [2.05, 4.69) is 20.4 Å². The minimum absolute atomic E-state index is 0.151. The topological polar surface area (TPSA) is 96.8 Å². The number of H-pyrrole nitrogens is 1. The molecule has 0 spiro atoms. The lowest BCUT2D eigenvalue weighted by Gasteiger charge is -2.33. The molecule has 1 aliphatic rings. The van der Waals surface area contributed by atoms with Crippen LogP contribution in [0.15, 0.2) is 47.3 Å². The first kappa shape index (κ1) is 25.4. The third kappa shape index (κ3) is 4.19. The number of carbonyl (C=O) groups excluding carboxylic acids is 1. The highest BCUT2D eigenvalue weighted by molar-refractivity contribution is 5.95. The molecule has 8 nitrogen and oxygen atoms in total. The number of amides is 1. The second-order valence-electron chi connectivity index (χ2n) is 8.95. The van der Waals surface area contributed by atoms with Gasteiger partial charge in [-0.2, -0.15) is 27.1 Å². The summed E-state index contributed by atoms with van der Waals surface area (Å²) in [6.07, 6.45) is -5.72. The van der Waals surface area contributed by atoms with Crippen LogP contribution < -0.4 is 5.56 Å². The quantitative estimate of drug-likeness (QED) is 0.396. The minimum atomic E-state index is -5.88. The number of carbonyl (C=O) groups is 1. The molecule has 38 heavy (non-hydrogen) atoms. The van der Waals surface area contributed by atoms with Gasteiger partial charge < -0.3 is 9.47 Å². The molecular weight excluding hydrogens is 518 g/mol. The molecule has 4 aromatic rings. The molecule has 3 heterocycles. The van der Waals surface area contributed by atoms with Gasteiger partial charge in [-0.3, -0.25) is 9.59 Å². The van der Waals surface area contributed by atoms with Gasteiger partial charge in [-0.05, 0) is 30.7 Å². The Morgan fingerprint density at radius 1 is 1.08 bits per heavy atom. The van der Waals surface area contributed by atoms with Crippen LogP contribution in [0.4, 0.5) is 26.3 Å². The van der Waals surface area contributed by atoms with Gasteiger partial charge in [0.2, 0.25) is 5.82 Å². The van der Waals surface area contributed by atoms with Crippen molar-refractivity contribution in [3.63, 3.8) is 0 Å². The van der Waals surface area contributed by atoms with E-state index in [1.807, 2.05) is 0 Å². The van der Waals surface area contributed by atoms with Crippen LogP contribution in [0, 0.1) is 5.82 Å². The highest BCUT2D eigenvalue weighted by Gasteiger charge is 2.62. The molecule has 2 aromatic carbocycles. The summed E-state index contributed by atoms with van der Waals surface area (Å²) in [6, 6.07) is 9.59. The summed E-state index contributed by atoms with van der Waals surface area (Å²) in [5, 5.41) is 14.0. The number of hydrogen-bond donors (Lipinski definition) is 1. The van der Waals surface area contributed by atoms with Crippen LogP contribution in [-0.4, -0.2) is 48.5 Å². The second kappa shape index (κ2) is 8.96. The molecule has 5 rings (SSSR count). The van der Waals surface area contributed by atoms with Gasteiger partial charge in [0.05, 0.1) is 29.2 Å². The molecule has 1 aliphatic heterocycles. The van der Waals surface area contributed by atoms with Crippen molar-refractivity contribution in [3.8, 4) is 0 Å². The SMILES string of the molecule is CC1CN(C(=O)c2cc(Cc3n[nH]c(=O)c4ccccc34)ccc2F)Cc2nnc(C(F)(F)C(F)(F)F)n21. The number of aromatic amines is 1. The van der Waals surface area contributed by atoms with E-state index in [4.69, 9.17) is 0 Å². The van der Waals surface area contributed by atoms with Crippen LogP contribution in [0.1, 0.15) is 46.2 Å². The Labute approximate surface area is 209 Å². The maximum absolute atomic E-state index is 14.7.